The number of nitrogens with zero attached hydrogens (tertiary/aromatic N) is 4. The van der Waals surface area contributed by atoms with Crippen molar-refractivity contribution >= 4 is 28.1 Å². The number of nitrogens with one attached hydrogen (secondary N) is 1. The predicted molar refractivity (Wildman–Crippen MR) is 110 cm³/mol. The molecule has 0 radical (unpaired) electrons. The van der Waals surface area contributed by atoms with Crippen LogP contribution < -0.4 is 15.8 Å². The molecule has 0 aliphatic heterocycles. The van der Waals surface area contributed by atoms with Crippen molar-refractivity contribution in [3.63, 3.8) is 0 Å². The Balaban J connectivity index is 1.79. The van der Waals surface area contributed by atoms with Gasteiger partial charge in [-0.1, -0.05) is 0 Å². The van der Waals surface area contributed by atoms with Crippen LogP contribution in [-0.4, -0.2) is 39.4 Å². The zero-order valence-electron chi connectivity index (χ0n) is 16.1. The molecule has 146 valence electrons. The smallest absolute Gasteiger partial charge is 0.229 e. The molecule has 5 rings (SSSR count). The van der Waals surface area contributed by atoms with Gasteiger partial charge in [0.1, 0.15) is 17.2 Å². The van der Waals surface area contributed by atoms with Gasteiger partial charge in [-0.05, 0) is 36.4 Å². The van der Waals surface area contributed by atoms with E-state index >= 15 is 0 Å². The summed E-state index contributed by atoms with van der Waals surface area (Å²) in [4.78, 5) is 25.7. The molecule has 3 N–H and O–H groups in total. The number of aromatic nitrogens is 4. The van der Waals surface area contributed by atoms with Gasteiger partial charge in [0, 0.05) is 30.4 Å². The number of hydrogen-bond acceptors (Lipinski definition) is 6. The lowest BCUT2D eigenvalue weighted by Gasteiger charge is -2.15. The number of nitrogens with two attached hydrogens (primary N) is 1. The second-order valence-corrected chi connectivity index (χ2v) is 7.27. The van der Waals surface area contributed by atoms with Crippen molar-refractivity contribution in [2.24, 2.45) is 5.73 Å². The summed E-state index contributed by atoms with van der Waals surface area (Å²) in [7, 11) is 3.45. The van der Waals surface area contributed by atoms with E-state index in [0.29, 0.717) is 5.69 Å². The van der Waals surface area contributed by atoms with Crippen LogP contribution in [0.5, 0.6) is 5.75 Å². The summed E-state index contributed by atoms with van der Waals surface area (Å²) in [5, 5.41) is 4.91. The third kappa shape index (κ3) is 2.52. The summed E-state index contributed by atoms with van der Waals surface area (Å²) in [5.41, 5.74) is 8.29. The lowest BCUT2D eigenvalue weighted by Crippen LogP contribution is -2.29. The molecule has 0 atom stereocenters. The van der Waals surface area contributed by atoms with Gasteiger partial charge in [-0.25, -0.2) is 9.97 Å². The van der Waals surface area contributed by atoms with Gasteiger partial charge in [-0.3, -0.25) is 14.2 Å². The van der Waals surface area contributed by atoms with Gasteiger partial charge in [-0.15, -0.1) is 0 Å². The van der Waals surface area contributed by atoms with E-state index in [1.807, 2.05) is 48.2 Å². The van der Waals surface area contributed by atoms with E-state index in [1.54, 1.807) is 13.3 Å². The largest absolute Gasteiger partial charge is 0.495 e. The molecule has 0 saturated heterocycles. The number of hydrogen-bond donors (Lipinski definition) is 2. The number of fused-ring (bicyclic) bond motifs is 2. The molecule has 0 bridgehead atoms. The molecule has 8 nitrogen and oxygen atoms in total. The Morgan fingerprint density at radius 2 is 2.00 bits per heavy atom. The first-order chi connectivity index (χ1) is 14.1. The number of anilines is 1. The fourth-order valence-corrected chi connectivity index (χ4v) is 3.84. The first-order valence-corrected chi connectivity index (χ1v) is 9.36. The second kappa shape index (κ2) is 6.16. The van der Waals surface area contributed by atoms with Crippen LogP contribution in [0, 0.1) is 0 Å². The number of rotatable bonds is 5. The van der Waals surface area contributed by atoms with Crippen molar-refractivity contribution in [3.05, 3.63) is 48.7 Å². The molecule has 4 aromatic heterocycles. The normalized spacial score (nSPS) is 14.8. The van der Waals surface area contributed by atoms with Crippen molar-refractivity contribution in [2.75, 3.05) is 19.5 Å². The highest BCUT2D eigenvalue weighted by Crippen LogP contribution is 2.48. The zero-order chi connectivity index (χ0) is 20.2. The lowest BCUT2D eigenvalue weighted by atomic mass is 9.97. The SMILES string of the molecule is CNc1ncc(-c2cnc3ccc(OC)cn23)c2cc(C3(C(N)=O)CC3)ncc12. The molecular formula is C21H20N6O2. The van der Waals surface area contributed by atoms with Crippen LogP contribution in [0.4, 0.5) is 5.82 Å². The van der Waals surface area contributed by atoms with Crippen LogP contribution in [0.3, 0.4) is 0 Å². The first kappa shape index (κ1) is 17.4. The molecule has 8 heteroatoms. The summed E-state index contributed by atoms with van der Waals surface area (Å²) in [6.07, 6.45) is 8.74. The van der Waals surface area contributed by atoms with Gasteiger partial charge in [0.2, 0.25) is 5.91 Å². The number of pyridine rings is 3. The van der Waals surface area contributed by atoms with E-state index in [2.05, 4.69) is 20.3 Å². The molecule has 0 unspecified atom stereocenters. The third-order valence-corrected chi connectivity index (χ3v) is 5.71. The van der Waals surface area contributed by atoms with Crippen LogP contribution >= 0.6 is 0 Å². The number of imidazole rings is 1. The highest BCUT2D eigenvalue weighted by molar-refractivity contribution is 6.02. The lowest BCUT2D eigenvalue weighted by molar-refractivity contribution is -0.120. The highest BCUT2D eigenvalue weighted by Gasteiger charge is 2.51. The van der Waals surface area contributed by atoms with E-state index in [0.717, 1.165) is 52.1 Å². The van der Waals surface area contributed by atoms with Crippen molar-refractivity contribution in [1.82, 2.24) is 19.4 Å². The average molecular weight is 388 g/mol. The van der Waals surface area contributed by atoms with Gasteiger partial charge >= 0.3 is 0 Å². The Hall–Kier alpha value is -3.68. The molecule has 29 heavy (non-hydrogen) atoms. The molecule has 1 fully saturated rings. The molecule has 0 spiro atoms. The first-order valence-electron chi connectivity index (χ1n) is 9.36. The molecule has 1 amide bonds. The van der Waals surface area contributed by atoms with E-state index in [1.165, 1.54) is 0 Å². The maximum atomic E-state index is 12.0. The van der Waals surface area contributed by atoms with E-state index in [4.69, 9.17) is 10.5 Å². The Bertz CT molecular complexity index is 1280. The van der Waals surface area contributed by atoms with Crippen LogP contribution in [0.2, 0.25) is 0 Å². The molecule has 4 heterocycles. The van der Waals surface area contributed by atoms with Crippen LogP contribution in [0.15, 0.2) is 43.0 Å². The maximum Gasteiger partial charge on any atom is 0.229 e. The molecule has 1 aliphatic carbocycles. The van der Waals surface area contributed by atoms with Crippen molar-refractivity contribution in [2.45, 2.75) is 18.3 Å². The van der Waals surface area contributed by atoms with Gasteiger partial charge in [0.25, 0.3) is 0 Å². The second-order valence-electron chi connectivity index (χ2n) is 7.27. The number of carbonyl (C=O) groups excluding carboxylic acids is 1. The quantitative estimate of drug-likeness (QED) is 0.544. The van der Waals surface area contributed by atoms with Crippen LogP contribution in [0.25, 0.3) is 27.7 Å². The molecule has 1 saturated carbocycles. The van der Waals surface area contributed by atoms with E-state index < -0.39 is 5.41 Å². The minimum absolute atomic E-state index is 0.326. The van der Waals surface area contributed by atoms with Crippen molar-refractivity contribution in [3.8, 4) is 17.0 Å². The molecule has 0 aromatic carbocycles. The monoisotopic (exact) mass is 388 g/mol. The summed E-state index contributed by atoms with van der Waals surface area (Å²) < 4.78 is 7.34. The predicted octanol–water partition coefficient (Wildman–Crippen LogP) is 2.51. The van der Waals surface area contributed by atoms with Crippen molar-refractivity contribution < 1.29 is 9.53 Å². The fourth-order valence-electron chi connectivity index (χ4n) is 3.84. The summed E-state index contributed by atoms with van der Waals surface area (Å²) in [6.45, 7) is 0. The van der Waals surface area contributed by atoms with Gasteiger partial charge in [0.05, 0.1) is 36.3 Å². The minimum Gasteiger partial charge on any atom is -0.495 e. The average Bonchev–Trinajstić information content (AvgIpc) is 3.47. The Labute approximate surface area is 166 Å². The number of carbonyl (C=O) groups is 1. The number of methoxy groups -OCH3 is 1. The molecule has 4 aromatic rings. The van der Waals surface area contributed by atoms with E-state index in [-0.39, 0.29) is 5.91 Å². The number of amides is 1. The Morgan fingerprint density at radius 1 is 1.17 bits per heavy atom. The summed E-state index contributed by atoms with van der Waals surface area (Å²) >= 11 is 0. The highest BCUT2D eigenvalue weighted by atomic mass is 16.5. The Kier molecular flexibility index (Phi) is 3.70. The fraction of sp³-hybridized carbons (Fsp3) is 0.238. The van der Waals surface area contributed by atoms with Crippen LogP contribution in [0.1, 0.15) is 18.5 Å². The van der Waals surface area contributed by atoms with Gasteiger partial charge in [0.15, 0.2) is 0 Å². The topological polar surface area (TPSA) is 107 Å². The van der Waals surface area contributed by atoms with E-state index in [9.17, 15) is 4.79 Å². The zero-order valence-corrected chi connectivity index (χ0v) is 16.1. The van der Waals surface area contributed by atoms with Gasteiger partial charge < -0.3 is 15.8 Å². The third-order valence-electron chi connectivity index (χ3n) is 5.71. The van der Waals surface area contributed by atoms with Crippen LogP contribution in [-0.2, 0) is 10.2 Å². The molecular weight excluding hydrogens is 368 g/mol. The summed E-state index contributed by atoms with van der Waals surface area (Å²) in [6, 6.07) is 5.74. The Morgan fingerprint density at radius 3 is 2.69 bits per heavy atom. The standard InChI is InChI=1S/C21H20N6O2/c1-23-19-15-9-24-17(21(5-6-21)20(22)28)7-13(15)14(8-26-19)16-10-25-18-4-3-12(29-2)11-27(16)18/h3-4,7-11H,5-6H2,1-2H3,(H2,22,28)(H,23,26). The maximum absolute atomic E-state index is 12.0. The summed E-state index contributed by atoms with van der Waals surface area (Å²) in [5.74, 6) is 1.13. The number of ether oxygens (including phenoxy) is 1. The minimum atomic E-state index is -0.656. The number of primary amides is 1. The van der Waals surface area contributed by atoms with Crippen molar-refractivity contribution in [1.29, 1.82) is 0 Å². The van der Waals surface area contributed by atoms with Gasteiger partial charge in [-0.2, -0.15) is 0 Å². The molecule has 1 aliphatic rings.